The van der Waals surface area contributed by atoms with Gasteiger partial charge in [0.05, 0.1) is 5.92 Å². The lowest BCUT2D eigenvalue weighted by atomic mass is 9.73. The Hall–Kier alpha value is -2.43. The van der Waals surface area contributed by atoms with E-state index in [0.29, 0.717) is 5.56 Å². The van der Waals surface area contributed by atoms with Crippen molar-refractivity contribution in [2.75, 3.05) is 0 Å². The van der Waals surface area contributed by atoms with E-state index in [4.69, 9.17) is 0 Å². The average molecular weight is 316 g/mol. The molecule has 1 unspecified atom stereocenters. The Balaban J connectivity index is 2.31. The van der Waals surface area contributed by atoms with Gasteiger partial charge >= 0.3 is 5.97 Å². The predicted molar refractivity (Wildman–Crippen MR) is 84.2 cm³/mol. The van der Waals surface area contributed by atoms with E-state index in [2.05, 4.69) is 0 Å². The Kier molecular flexibility index (Phi) is 4.68. The fourth-order valence-electron chi connectivity index (χ4n) is 2.94. The largest absolute Gasteiger partial charge is 0.512 e. The molecule has 0 amide bonds. The van der Waals surface area contributed by atoms with Crippen LogP contribution in [0.1, 0.15) is 43.5 Å². The van der Waals surface area contributed by atoms with E-state index in [-0.39, 0.29) is 36.4 Å². The number of hydrogen-bond donors (Lipinski definition) is 2. The fourth-order valence-corrected chi connectivity index (χ4v) is 2.94. The number of aliphatic hydroxyl groups is 1. The summed E-state index contributed by atoms with van der Waals surface area (Å²) in [6.07, 6.45) is 0.0536. The zero-order valence-electron chi connectivity index (χ0n) is 13.2. The van der Waals surface area contributed by atoms with Crippen molar-refractivity contribution in [1.29, 1.82) is 0 Å². The van der Waals surface area contributed by atoms with Crippen molar-refractivity contribution in [3.8, 4) is 0 Å². The van der Waals surface area contributed by atoms with Gasteiger partial charge in [-0.15, -0.1) is 0 Å². The molecule has 0 radical (unpaired) electrons. The summed E-state index contributed by atoms with van der Waals surface area (Å²) >= 11 is 0. The third-order valence-electron chi connectivity index (χ3n) is 4.03. The zero-order valence-corrected chi connectivity index (χ0v) is 13.2. The van der Waals surface area contributed by atoms with Crippen LogP contribution in [0.15, 0.2) is 41.7 Å². The molecule has 5 nitrogen and oxygen atoms in total. The molecule has 0 bridgehead atoms. The van der Waals surface area contributed by atoms with Gasteiger partial charge in [0.2, 0.25) is 0 Å². The molecule has 0 saturated heterocycles. The van der Waals surface area contributed by atoms with Gasteiger partial charge in [-0.25, -0.2) is 0 Å². The lowest BCUT2D eigenvalue weighted by Gasteiger charge is -2.31. The lowest BCUT2D eigenvalue weighted by molar-refractivity contribution is -0.141. The molecule has 0 heterocycles. The van der Waals surface area contributed by atoms with Crippen LogP contribution in [0.3, 0.4) is 0 Å². The number of Topliss-reactive ketones (excluding diaryl/α,β-unsaturated/α-hetero) is 2. The van der Waals surface area contributed by atoms with Gasteiger partial charge in [-0.1, -0.05) is 44.2 Å². The van der Waals surface area contributed by atoms with Crippen LogP contribution in [0.4, 0.5) is 0 Å². The van der Waals surface area contributed by atoms with Crippen LogP contribution in [-0.4, -0.2) is 27.7 Å². The summed E-state index contributed by atoms with van der Waals surface area (Å²) < 4.78 is 0. The van der Waals surface area contributed by atoms with Gasteiger partial charge in [0, 0.05) is 30.4 Å². The van der Waals surface area contributed by atoms with Gasteiger partial charge in [0.15, 0.2) is 11.6 Å². The first-order chi connectivity index (χ1) is 10.7. The second kappa shape index (κ2) is 6.36. The maximum absolute atomic E-state index is 12.3. The molecule has 1 aromatic rings. The van der Waals surface area contributed by atoms with Crippen LogP contribution < -0.4 is 0 Å². The number of carbonyl (C=O) groups is 3. The molecule has 1 aliphatic carbocycles. The number of rotatable bonds is 5. The lowest BCUT2D eigenvalue weighted by Crippen LogP contribution is -2.33. The van der Waals surface area contributed by atoms with Crippen molar-refractivity contribution in [3.05, 3.63) is 47.2 Å². The standard InChI is InChI=1S/C18H20O5/c1-18(2)9-14(20)16(15(21)10-18)12(17(22)23)8-13(19)11-6-4-3-5-7-11/h3-7,12,20H,8-10H2,1-2H3,(H,22,23). The first-order valence-electron chi connectivity index (χ1n) is 7.47. The third-order valence-corrected chi connectivity index (χ3v) is 4.03. The Morgan fingerprint density at radius 2 is 1.78 bits per heavy atom. The maximum Gasteiger partial charge on any atom is 0.311 e. The van der Waals surface area contributed by atoms with Gasteiger partial charge in [-0.2, -0.15) is 0 Å². The minimum absolute atomic E-state index is 0.124. The highest BCUT2D eigenvalue weighted by Crippen LogP contribution is 2.39. The van der Waals surface area contributed by atoms with Crippen molar-refractivity contribution in [3.63, 3.8) is 0 Å². The summed E-state index contributed by atoms with van der Waals surface area (Å²) in [5, 5.41) is 19.6. The highest BCUT2D eigenvalue weighted by molar-refractivity contribution is 6.05. The summed E-state index contributed by atoms with van der Waals surface area (Å²) in [6, 6.07) is 8.33. The van der Waals surface area contributed by atoms with E-state index in [9.17, 15) is 24.6 Å². The quantitative estimate of drug-likeness (QED) is 0.814. The second-order valence-corrected chi connectivity index (χ2v) is 6.69. The van der Waals surface area contributed by atoms with Gasteiger partial charge in [0.25, 0.3) is 0 Å². The smallest absolute Gasteiger partial charge is 0.311 e. The van der Waals surface area contributed by atoms with Crippen molar-refractivity contribution >= 4 is 17.5 Å². The zero-order chi connectivity index (χ0) is 17.2. The van der Waals surface area contributed by atoms with E-state index >= 15 is 0 Å². The van der Waals surface area contributed by atoms with E-state index in [1.807, 2.05) is 13.8 Å². The van der Waals surface area contributed by atoms with Crippen LogP contribution in [-0.2, 0) is 9.59 Å². The molecule has 1 aromatic carbocycles. The number of ketones is 2. The number of carboxylic acid groups (broad SMARTS) is 1. The molecule has 0 aromatic heterocycles. The molecule has 5 heteroatoms. The van der Waals surface area contributed by atoms with E-state index in [0.717, 1.165) is 0 Å². The number of benzene rings is 1. The Labute approximate surface area is 134 Å². The average Bonchev–Trinajstić information content (AvgIpc) is 2.44. The molecule has 2 N–H and O–H groups in total. The molecule has 0 saturated carbocycles. The molecular weight excluding hydrogens is 296 g/mol. The van der Waals surface area contributed by atoms with Crippen molar-refractivity contribution in [2.24, 2.45) is 11.3 Å². The molecule has 1 aliphatic rings. The van der Waals surface area contributed by atoms with Crippen molar-refractivity contribution < 1.29 is 24.6 Å². The third kappa shape index (κ3) is 3.86. The molecule has 0 aliphatic heterocycles. The van der Waals surface area contributed by atoms with E-state index in [1.165, 1.54) is 0 Å². The molecule has 0 fully saturated rings. The number of aliphatic carboxylic acids is 1. The topological polar surface area (TPSA) is 91.7 Å². The Morgan fingerprint density at radius 1 is 1.17 bits per heavy atom. The molecule has 122 valence electrons. The number of hydrogen-bond acceptors (Lipinski definition) is 4. The fraction of sp³-hybridized carbons (Fsp3) is 0.389. The Bertz CT molecular complexity index is 670. The highest BCUT2D eigenvalue weighted by Gasteiger charge is 2.39. The van der Waals surface area contributed by atoms with Crippen LogP contribution in [0.5, 0.6) is 0 Å². The van der Waals surface area contributed by atoms with Gasteiger partial charge in [-0.3, -0.25) is 14.4 Å². The van der Waals surface area contributed by atoms with Crippen LogP contribution in [0.2, 0.25) is 0 Å². The number of aliphatic hydroxyl groups excluding tert-OH is 1. The Morgan fingerprint density at radius 3 is 2.30 bits per heavy atom. The van der Waals surface area contributed by atoms with Gasteiger partial charge in [0.1, 0.15) is 5.76 Å². The summed E-state index contributed by atoms with van der Waals surface area (Å²) in [5.41, 5.74) is -0.138. The van der Waals surface area contributed by atoms with Crippen LogP contribution >= 0.6 is 0 Å². The van der Waals surface area contributed by atoms with Crippen LogP contribution in [0.25, 0.3) is 0 Å². The normalized spacial score (nSPS) is 18.6. The number of carboxylic acids is 1. The maximum atomic E-state index is 12.3. The van der Waals surface area contributed by atoms with Crippen molar-refractivity contribution in [1.82, 2.24) is 0 Å². The number of allylic oxidation sites excluding steroid dienone is 1. The monoisotopic (exact) mass is 316 g/mol. The summed E-state index contributed by atoms with van der Waals surface area (Å²) in [6.45, 7) is 3.67. The molecule has 1 atom stereocenters. The minimum Gasteiger partial charge on any atom is -0.512 e. The molecule has 0 spiro atoms. The van der Waals surface area contributed by atoms with E-state index < -0.39 is 23.1 Å². The first-order valence-corrected chi connectivity index (χ1v) is 7.47. The van der Waals surface area contributed by atoms with E-state index in [1.54, 1.807) is 30.3 Å². The molecule has 2 rings (SSSR count). The summed E-state index contributed by atoms with van der Waals surface area (Å²) in [7, 11) is 0. The van der Waals surface area contributed by atoms with Crippen molar-refractivity contribution in [2.45, 2.75) is 33.1 Å². The molecule has 23 heavy (non-hydrogen) atoms. The summed E-state index contributed by atoms with van der Waals surface area (Å²) in [4.78, 5) is 36.1. The van der Waals surface area contributed by atoms with Crippen LogP contribution in [0, 0.1) is 11.3 Å². The van der Waals surface area contributed by atoms with Gasteiger partial charge < -0.3 is 10.2 Å². The SMILES string of the molecule is CC1(C)CC(=O)C(C(CC(=O)c2ccccc2)C(=O)O)=C(O)C1. The number of carbonyl (C=O) groups excluding carboxylic acids is 2. The second-order valence-electron chi connectivity index (χ2n) is 6.69. The predicted octanol–water partition coefficient (Wildman–Crippen LogP) is 3.16. The first kappa shape index (κ1) is 16.9. The summed E-state index contributed by atoms with van der Waals surface area (Å²) in [5.74, 6) is -3.56. The minimum atomic E-state index is -1.31. The van der Waals surface area contributed by atoms with Gasteiger partial charge in [-0.05, 0) is 5.41 Å². The highest BCUT2D eigenvalue weighted by atomic mass is 16.4. The molecular formula is C18H20O5.